The van der Waals surface area contributed by atoms with E-state index in [4.69, 9.17) is 9.52 Å². The van der Waals surface area contributed by atoms with Crippen LogP contribution in [0.15, 0.2) is 69.7 Å². The number of furan rings is 1. The quantitative estimate of drug-likeness (QED) is 0.571. The van der Waals surface area contributed by atoms with Gasteiger partial charge in [0.1, 0.15) is 5.76 Å². The molecule has 0 saturated carbocycles. The number of hydrogen-bond acceptors (Lipinski definition) is 5. The molecule has 1 aromatic carbocycles. The summed E-state index contributed by atoms with van der Waals surface area (Å²) in [5, 5.41) is 8.42. The molecule has 6 heteroatoms. The number of carbonyl (C=O) groups excluding carboxylic acids is 1. The molecule has 3 heterocycles. The van der Waals surface area contributed by atoms with E-state index in [1.54, 1.807) is 34.4 Å². The van der Waals surface area contributed by atoms with Gasteiger partial charge in [-0.2, -0.15) is 5.10 Å². The summed E-state index contributed by atoms with van der Waals surface area (Å²) in [5.74, 6) is 1.98. The Kier molecular flexibility index (Phi) is 5.45. The third-order valence-electron chi connectivity index (χ3n) is 4.48. The molecule has 0 aliphatic carbocycles. The molecule has 4 rings (SSSR count). The zero-order valence-corrected chi connectivity index (χ0v) is 16.6. The van der Waals surface area contributed by atoms with Gasteiger partial charge in [0, 0.05) is 6.42 Å². The first-order valence-electron chi connectivity index (χ1n) is 8.81. The van der Waals surface area contributed by atoms with Crippen molar-refractivity contribution in [3.05, 3.63) is 81.9 Å². The summed E-state index contributed by atoms with van der Waals surface area (Å²) in [6.07, 6.45) is 2.40. The number of amides is 1. The molecule has 2 aromatic heterocycles. The molecule has 1 atom stereocenters. The van der Waals surface area contributed by atoms with Crippen LogP contribution in [0.1, 0.15) is 34.2 Å². The van der Waals surface area contributed by atoms with Crippen molar-refractivity contribution in [2.45, 2.75) is 25.1 Å². The summed E-state index contributed by atoms with van der Waals surface area (Å²) >= 11 is 3.22. The molecule has 4 nitrogen and oxygen atoms in total. The molecule has 0 saturated heterocycles. The lowest BCUT2D eigenvalue weighted by molar-refractivity contribution is -0.130. The van der Waals surface area contributed by atoms with Crippen molar-refractivity contribution in [2.75, 3.05) is 5.75 Å². The van der Waals surface area contributed by atoms with Gasteiger partial charge in [0.2, 0.25) is 0 Å². The second kappa shape index (κ2) is 8.15. The summed E-state index contributed by atoms with van der Waals surface area (Å²) < 4.78 is 5.34. The van der Waals surface area contributed by atoms with Crippen LogP contribution in [0, 0.1) is 6.92 Å². The van der Waals surface area contributed by atoms with E-state index in [9.17, 15) is 4.79 Å². The maximum absolute atomic E-state index is 12.9. The Morgan fingerprint density at radius 3 is 2.81 bits per heavy atom. The summed E-state index contributed by atoms with van der Waals surface area (Å²) in [6.45, 7) is 2.07. The predicted octanol–water partition coefficient (Wildman–Crippen LogP) is 5.26. The van der Waals surface area contributed by atoms with E-state index in [0.29, 0.717) is 11.5 Å². The molecule has 1 amide bonds. The number of aryl methyl sites for hydroxylation is 1. The zero-order valence-electron chi connectivity index (χ0n) is 15.0. The van der Waals surface area contributed by atoms with E-state index in [1.807, 2.05) is 23.6 Å². The average molecular weight is 397 g/mol. The molecule has 0 bridgehead atoms. The Balaban J connectivity index is 1.51. The van der Waals surface area contributed by atoms with E-state index in [1.165, 1.54) is 5.56 Å². The normalized spacial score (nSPS) is 16.6. The molecular formula is C21H20N2O2S2. The first-order valence-corrected chi connectivity index (χ1v) is 10.8. The van der Waals surface area contributed by atoms with E-state index in [-0.39, 0.29) is 11.9 Å². The van der Waals surface area contributed by atoms with Crippen molar-refractivity contribution in [1.82, 2.24) is 5.01 Å². The molecule has 0 fully saturated rings. The maximum atomic E-state index is 12.9. The summed E-state index contributed by atoms with van der Waals surface area (Å²) in [5.41, 5.74) is 3.32. The van der Waals surface area contributed by atoms with Crippen LogP contribution in [0.25, 0.3) is 0 Å². The van der Waals surface area contributed by atoms with Crippen molar-refractivity contribution in [3.8, 4) is 0 Å². The Morgan fingerprint density at radius 2 is 2.11 bits per heavy atom. The number of hydrazone groups is 1. The molecule has 0 radical (unpaired) electrons. The zero-order chi connectivity index (χ0) is 18.6. The number of carbonyl (C=O) groups is 1. The van der Waals surface area contributed by atoms with Crippen LogP contribution in [0.3, 0.4) is 0 Å². The molecule has 1 aliphatic heterocycles. The SMILES string of the molecule is Cc1ccc(C2CC(c3cccs3)=NN2C(=O)CSCc2ccco2)cc1. The second-order valence-corrected chi connectivity index (χ2v) is 8.40. The molecule has 0 spiro atoms. The van der Waals surface area contributed by atoms with Gasteiger partial charge in [-0.1, -0.05) is 35.9 Å². The minimum Gasteiger partial charge on any atom is -0.468 e. The smallest absolute Gasteiger partial charge is 0.253 e. The van der Waals surface area contributed by atoms with Crippen LogP contribution < -0.4 is 0 Å². The van der Waals surface area contributed by atoms with Gasteiger partial charge in [0.05, 0.1) is 34.4 Å². The average Bonchev–Trinajstić information content (AvgIpc) is 3.43. The maximum Gasteiger partial charge on any atom is 0.253 e. The van der Waals surface area contributed by atoms with Gasteiger partial charge >= 0.3 is 0 Å². The Labute approximate surface area is 166 Å². The van der Waals surface area contributed by atoms with Crippen molar-refractivity contribution in [1.29, 1.82) is 0 Å². The first kappa shape index (κ1) is 18.1. The number of thioether (sulfide) groups is 1. The molecule has 3 aromatic rings. The number of hydrogen-bond donors (Lipinski definition) is 0. The lowest BCUT2D eigenvalue weighted by atomic mass is 10.00. The predicted molar refractivity (Wildman–Crippen MR) is 111 cm³/mol. The van der Waals surface area contributed by atoms with Gasteiger partial charge in [-0.25, -0.2) is 5.01 Å². The van der Waals surface area contributed by atoms with E-state index >= 15 is 0 Å². The van der Waals surface area contributed by atoms with Gasteiger partial charge in [-0.15, -0.1) is 23.1 Å². The standard InChI is InChI=1S/C21H20N2O2S2/c1-15-6-8-16(9-7-15)19-12-18(20-5-3-11-27-20)22-23(19)21(24)14-26-13-17-4-2-10-25-17/h2-11,19H,12-14H2,1H3. The third kappa shape index (κ3) is 4.17. The highest BCUT2D eigenvalue weighted by atomic mass is 32.2. The molecule has 27 heavy (non-hydrogen) atoms. The monoisotopic (exact) mass is 396 g/mol. The second-order valence-electron chi connectivity index (χ2n) is 6.47. The lowest BCUT2D eigenvalue weighted by Gasteiger charge is -2.22. The van der Waals surface area contributed by atoms with E-state index in [0.717, 1.165) is 28.3 Å². The van der Waals surface area contributed by atoms with Crippen molar-refractivity contribution in [3.63, 3.8) is 0 Å². The van der Waals surface area contributed by atoms with Gasteiger partial charge in [0.15, 0.2) is 0 Å². The highest BCUT2D eigenvalue weighted by Gasteiger charge is 2.33. The number of rotatable bonds is 6. The van der Waals surface area contributed by atoms with Crippen LogP contribution in [0.5, 0.6) is 0 Å². The van der Waals surface area contributed by atoms with Crippen molar-refractivity contribution < 1.29 is 9.21 Å². The van der Waals surface area contributed by atoms with Gasteiger partial charge < -0.3 is 4.42 Å². The first-order chi connectivity index (χ1) is 13.2. The Hall–Kier alpha value is -2.31. The highest BCUT2D eigenvalue weighted by Crippen LogP contribution is 2.34. The van der Waals surface area contributed by atoms with Gasteiger partial charge in [0.25, 0.3) is 5.91 Å². The molecular weight excluding hydrogens is 376 g/mol. The summed E-state index contributed by atoms with van der Waals surface area (Å²) in [7, 11) is 0. The minimum absolute atomic E-state index is 0.0312. The molecule has 0 N–H and O–H groups in total. The van der Waals surface area contributed by atoms with Crippen molar-refractivity contribution >= 4 is 34.7 Å². The highest BCUT2D eigenvalue weighted by molar-refractivity contribution is 7.99. The topological polar surface area (TPSA) is 45.8 Å². The van der Waals surface area contributed by atoms with Crippen LogP contribution in [-0.2, 0) is 10.5 Å². The van der Waals surface area contributed by atoms with Crippen LogP contribution in [0.2, 0.25) is 0 Å². The Morgan fingerprint density at radius 1 is 1.26 bits per heavy atom. The summed E-state index contributed by atoms with van der Waals surface area (Å²) in [6, 6.07) is 16.2. The lowest BCUT2D eigenvalue weighted by Crippen LogP contribution is -2.28. The molecule has 1 unspecified atom stereocenters. The largest absolute Gasteiger partial charge is 0.468 e. The van der Waals surface area contributed by atoms with E-state index in [2.05, 4.69) is 37.3 Å². The van der Waals surface area contributed by atoms with Gasteiger partial charge in [-0.05, 0) is 36.1 Å². The minimum atomic E-state index is -0.0422. The number of benzene rings is 1. The molecule has 138 valence electrons. The molecule has 1 aliphatic rings. The van der Waals surface area contributed by atoms with Crippen molar-refractivity contribution in [2.24, 2.45) is 5.10 Å². The fraction of sp³-hybridized carbons (Fsp3) is 0.238. The Bertz CT molecular complexity index is 916. The van der Waals surface area contributed by atoms with Crippen LogP contribution >= 0.6 is 23.1 Å². The van der Waals surface area contributed by atoms with Crippen LogP contribution in [0.4, 0.5) is 0 Å². The number of thiophene rings is 1. The fourth-order valence-electron chi connectivity index (χ4n) is 3.08. The third-order valence-corrected chi connectivity index (χ3v) is 6.34. The number of nitrogens with zero attached hydrogens (tertiary/aromatic N) is 2. The van der Waals surface area contributed by atoms with Gasteiger partial charge in [-0.3, -0.25) is 4.79 Å². The van der Waals surface area contributed by atoms with Crippen LogP contribution in [-0.4, -0.2) is 22.4 Å². The summed E-state index contributed by atoms with van der Waals surface area (Å²) in [4.78, 5) is 14.0. The van der Waals surface area contributed by atoms with E-state index < -0.39 is 0 Å². The fourth-order valence-corrected chi connectivity index (χ4v) is 4.58.